The normalized spacial score (nSPS) is 15.9. The number of anilines is 1. The van der Waals surface area contributed by atoms with E-state index in [1.165, 1.54) is 12.3 Å². The molecule has 142 valence electrons. The van der Waals surface area contributed by atoms with Crippen molar-refractivity contribution in [2.45, 2.75) is 25.8 Å². The molecule has 0 aliphatic carbocycles. The highest BCUT2D eigenvalue weighted by atomic mass is 35.5. The van der Waals surface area contributed by atoms with Crippen molar-refractivity contribution in [2.24, 2.45) is 0 Å². The Bertz CT molecular complexity index is 874. The van der Waals surface area contributed by atoms with Gasteiger partial charge in [-0.05, 0) is 31.9 Å². The van der Waals surface area contributed by atoms with Gasteiger partial charge in [-0.1, -0.05) is 23.7 Å². The van der Waals surface area contributed by atoms with Crippen molar-refractivity contribution < 1.29 is 19.2 Å². The summed E-state index contributed by atoms with van der Waals surface area (Å²) in [6, 6.07) is 6.35. The summed E-state index contributed by atoms with van der Waals surface area (Å²) in [5.74, 6) is -0.205. The SMILES string of the molecule is CCOC(=O)c1ccnc(NC2CCCOc3c(Cl)cccc32)c1[N+](=O)[O-]. The van der Waals surface area contributed by atoms with Crippen molar-refractivity contribution in [3.8, 4) is 5.75 Å². The topological polar surface area (TPSA) is 104 Å². The number of fused-ring (bicyclic) bond motifs is 1. The summed E-state index contributed by atoms with van der Waals surface area (Å²) < 4.78 is 10.6. The fraction of sp³-hybridized carbons (Fsp3) is 0.333. The Morgan fingerprint density at radius 3 is 3.04 bits per heavy atom. The van der Waals surface area contributed by atoms with Gasteiger partial charge in [-0.15, -0.1) is 0 Å². The number of aromatic nitrogens is 1. The van der Waals surface area contributed by atoms with Crippen LogP contribution in [-0.2, 0) is 4.74 Å². The average Bonchev–Trinajstić information content (AvgIpc) is 2.85. The van der Waals surface area contributed by atoms with Gasteiger partial charge in [0.1, 0.15) is 11.3 Å². The molecule has 2 aromatic rings. The molecule has 1 aromatic carbocycles. The molecule has 1 aliphatic heterocycles. The first-order valence-electron chi connectivity index (χ1n) is 8.51. The molecule has 0 fully saturated rings. The summed E-state index contributed by atoms with van der Waals surface area (Å²) in [5.41, 5.74) is 0.234. The number of carbonyl (C=O) groups excluding carboxylic acids is 1. The number of rotatable bonds is 5. The van der Waals surface area contributed by atoms with Gasteiger partial charge >= 0.3 is 11.7 Å². The van der Waals surface area contributed by atoms with Crippen LogP contribution in [0.3, 0.4) is 0 Å². The predicted octanol–water partition coefficient (Wildman–Crippen LogP) is 4.15. The molecular formula is C18H18ClN3O5. The molecule has 2 heterocycles. The summed E-state index contributed by atoms with van der Waals surface area (Å²) in [5, 5.41) is 15.2. The van der Waals surface area contributed by atoms with E-state index in [-0.39, 0.29) is 24.0 Å². The van der Waals surface area contributed by atoms with E-state index in [0.717, 1.165) is 12.0 Å². The molecule has 1 unspecified atom stereocenters. The minimum absolute atomic E-state index is 0.00313. The number of ether oxygens (including phenoxy) is 2. The zero-order chi connectivity index (χ0) is 19.4. The molecule has 1 N–H and O–H groups in total. The summed E-state index contributed by atoms with van der Waals surface area (Å²) in [6.45, 7) is 2.25. The number of nitro groups is 1. The van der Waals surface area contributed by atoms with Crippen molar-refractivity contribution in [3.63, 3.8) is 0 Å². The Hall–Kier alpha value is -2.87. The molecule has 0 saturated carbocycles. The second kappa shape index (κ2) is 8.22. The van der Waals surface area contributed by atoms with E-state index in [1.54, 1.807) is 19.1 Å². The van der Waals surface area contributed by atoms with Crippen molar-refractivity contribution >= 4 is 29.1 Å². The first kappa shape index (κ1) is 18.9. The molecule has 0 amide bonds. The van der Waals surface area contributed by atoms with Gasteiger partial charge in [0.05, 0.1) is 29.2 Å². The van der Waals surface area contributed by atoms with Crippen LogP contribution < -0.4 is 10.1 Å². The maximum atomic E-state index is 12.1. The highest BCUT2D eigenvalue weighted by molar-refractivity contribution is 6.32. The summed E-state index contributed by atoms with van der Waals surface area (Å²) in [7, 11) is 0. The monoisotopic (exact) mass is 391 g/mol. The Kier molecular flexibility index (Phi) is 5.75. The molecule has 8 nitrogen and oxygen atoms in total. The van der Waals surface area contributed by atoms with E-state index in [4.69, 9.17) is 21.1 Å². The minimum Gasteiger partial charge on any atom is -0.492 e. The molecule has 0 saturated heterocycles. The van der Waals surface area contributed by atoms with E-state index in [0.29, 0.717) is 23.8 Å². The highest BCUT2D eigenvalue weighted by Gasteiger charge is 2.30. The van der Waals surface area contributed by atoms with Crippen molar-refractivity contribution in [2.75, 3.05) is 18.5 Å². The third-order valence-electron chi connectivity index (χ3n) is 4.17. The van der Waals surface area contributed by atoms with E-state index in [1.807, 2.05) is 6.07 Å². The number of pyridine rings is 1. The summed E-state index contributed by atoms with van der Waals surface area (Å²) >= 11 is 6.23. The molecule has 27 heavy (non-hydrogen) atoms. The number of hydrogen-bond acceptors (Lipinski definition) is 7. The van der Waals surface area contributed by atoms with E-state index in [2.05, 4.69) is 10.3 Å². The molecule has 1 aromatic heterocycles. The van der Waals surface area contributed by atoms with E-state index in [9.17, 15) is 14.9 Å². The number of nitrogens with one attached hydrogen (secondary N) is 1. The van der Waals surface area contributed by atoms with Crippen LogP contribution in [0.1, 0.15) is 41.7 Å². The van der Waals surface area contributed by atoms with Gasteiger partial charge in [-0.2, -0.15) is 0 Å². The maximum Gasteiger partial charge on any atom is 0.345 e. The van der Waals surface area contributed by atoms with Gasteiger partial charge < -0.3 is 14.8 Å². The third kappa shape index (κ3) is 3.95. The van der Waals surface area contributed by atoms with Gasteiger partial charge in [0.25, 0.3) is 0 Å². The molecule has 1 atom stereocenters. The lowest BCUT2D eigenvalue weighted by atomic mass is 10.0. The van der Waals surface area contributed by atoms with Crippen molar-refractivity contribution in [1.29, 1.82) is 0 Å². The quantitative estimate of drug-likeness (QED) is 0.464. The van der Waals surface area contributed by atoms with Crippen molar-refractivity contribution in [3.05, 3.63) is 56.7 Å². The van der Waals surface area contributed by atoms with Gasteiger partial charge in [-0.25, -0.2) is 9.78 Å². The van der Waals surface area contributed by atoms with Crippen LogP contribution in [0.25, 0.3) is 0 Å². The number of para-hydroxylation sites is 1. The van der Waals surface area contributed by atoms with E-state index < -0.39 is 16.6 Å². The van der Waals surface area contributed by atoms with Gasteiger partial charge in [0.15, 0.2) is 0 Å². The average molecular weight is 392 g/mol. The standard InChI is InChI=1S/C18H18ClN3O5/c1-2-26-18(23)12-8-9-20-17(15(12)22(24)25)21-14-7-4-10-27-16-11(14)5-3-6-13(16)19/h3,5-6,8-9,14H,2,4,7,10H2,1H3,(H,20,21). The number of benzene rings is 1. The third-order valence-corrected chi connectivity index (χ3v) is 4.47. The lowest BCUT2D eigenvalue weighted by Gasteiger charge is -2.19. The van der Waals surface area contributed by atoms with Gasteiger partial charge in [0, 0.05) is 11.8 Å². The Balaban J connectivity index is 2.01. The zero-order valence-electron chi connectivity index (χ0n) is 14.6. The fourth-order valence-electron chi connectivity index (χ4n) is 3.00. The number of carbonyl (C=O) groups is 1. The Labute approximate surface area is 160 Å². The molecule has 0 spiro atoms. The second-order valence-corrected chi connectivity index (χ2v) is 6.29. The minimum atomic E-state index is -0.762. The van der Waals surface area contributed by atoms with Crippen LogP contribution >= 0.6 is 11.6 Å². The number of esters is 1. The van der Waals surface area contributed by atoms with Crippen molar-refractivity contribution in [1.82, 2.24) is 4.98 Å². The first-order valence-corrected chi connectivity index (χ1v) is 8.89. The largest absolute Gasteiger partial charge is 0.492 e. The zero-order valence-corrected chi connectivity index (χ0v) is 15.4. The summed E-state index contributed by atoms with van der Waals surface area (Å²) in [6.07, 6.45) is 2.73. The summed E-state index contributed by atoms with van der Waals surface area (Å²) in [4.78, 5) is 27.2. The van der Waals surface area contributed by atoms with Crippen LogP contribution in [0, 0.1) is 10.1 Å². The van der Waals surface area contributed by atoms with Gasteiger partial charge in [-0.3, -0.25) is 10.1 Å². The Morgan fingerprint density at radius 1 is 1.48 bits per heavy atom. The lowest BCUT2D eigenvalue weighted by Crippen LogP contribution is -2.15. The number of hydrogen-bond donors (Lipinski definition) is 1. The molecule has 0 bridgehead atoms. The number of nitrogens with zero attached hydrogens (tertiary/aromatic N) is 2. The molecule has 3 rings (SSSR count). The number of halogens is 1. The molecule has 1 aliphatic rings. The van der Waals surface area contributed by atoms with Gasteiger partial charge in [0.2, 0.25) is 5.82 Å². The molecular weight excluding hydrogens is 374 g/mol. The van der Waals surface area contributed by atoms with Crippen LogP contribution in [0.5, 0.6) is 5.75 Å². The maximum absolute atomic E-state index is 12.1. The van der Waals surface area contributed by atoms with E-state index >= 15 is 0 Å². The lowest BCUT2D eigenvalue weighted by molar-refractivity contribution is -0.384. The van der Waals surface area contributed by atoms with Crippen LogP contribution in [-0.4, -0.2) is 29.1 Å². The Morgan fingerprint density at radius 2 is 2.30 bits per heavy atom. The first-order chi connectivity index (χ1) is 13.0. The smallest absolute Gasteiger partial charge is 0.345 e. The molecule has 9 heteroatoms. The van der Waals surface area contributed by atoms with Crippen LogP contribution in [0.4, 0.5) is 11.5 Å². The second-order valence-electron chi connectivity index (χ2n) is 5.88. The van der Waals surface area contributed by atoms with Crippen LogP contribution in [0.15, 0.2) is 30.5 Å². The predicted molar refractivity (Wildman–Crippen MR) is 99.4 cm³/mol. The highest BCUT2D eigenvalue weighted by Crippen LogP contribution is 2.39. The fourth-order valence-corrected chi connectivity index (χ4v) is 3.24. The molecule has 0 radical (unpaired) electrons. The van der Waals surface area contributed by atoms with Crippen LogP contribution in [0.2, 0.25) is 5.02 Å².